The zero-order valence-corrected chi connectivity index (χ0v) is 7.42. The van der Waals surface area contributed by atoms with Crippen molar-refractivity contribution in [2.75, 3.05) is 0 Å². The van der Waals surface area contributed by atoms with Gasteiger partial charge in [-0.05, 0) is 12.1 Å². The SMILES string of the molecule is O=C(O)C(O)c1c(F)cc(Cl)cc1F. The summed E-state index contributed by atoms with van der Waals surface area (Å²) < 4.78 is 25.9. The number of aliphatic hydroxyl groups is 1. The number of aliphatic hydroxyl groups excluding tert-OH is 1. The van der Waals surface area contributed by atoms with Crippen LogP contribution in [0.5, 0.6) is 0 Å². The normalized spacial score (nSPS) is 12.6. The highest BCUT2D eigenvalue weighted by molar-refractivity contribution is 6.30. The molecule has 76 valence electrons. The Kier molecular flexibility index (Phi) is 3.03. The highest BCUT2D eigenvalue weighted by Crippen LogP contribution is 2.24. The third-order valence-electron chi connectivity index (χ3n) is 1.55. The molecule has 0 aliphatic rings. The van der Waals surface area contributed by atoms with Crippen molar-refractivity contribution in [3.63, 3.8) is 0 Å². The van der Waals surface area contributed by atoms with Gasteiger partial charge in [-0.3, -0.25) is 0 Å². The zero-order valence-electron chi connectivity index (χ0n) is 6.67. The van der Waals surface area contributed by atoms with E-state index in [1.807, 2.05) is 0 Å². The molecule has 0 aliphatic carbocycles. The average molecular weight is 223 g/mol. The van der Waals surface area contributed by atoms with E-state index in [9.17, 15) is 13.6 Å². The van der Waals surface area contributed by atoms with Crippen LogP contribution in [0.25, 0.3) is 0 Å². The highest BCUT2D eigenvalue weighted by atomic mass is 35.5. The Balaban J connectivity index is 3.27. The van der Waals surface area contributed by atoms with Crippen molar-refractivity contribution in [2.24, 2.45) is 0 Å². The summed E-state index contributed by atoms with van der Waals surface area (Å²) in [5, 5.41) is 17.1. The van der Waals surface area contributed by atoms with Crippen LogP contribution in [0.3, 0.4) is 0 Å². The van der Waals surface area contributed by atoms with Gasteiger partial charge in [0.1, 0.15) is 11.6 Å². The molecule has 0 saturated heterocycles. The van der Waals surface area contributed by atoms with E-state index in [1.54, 1.807) is 0 Å². The number of carboxylic acid groups (broad SMARTS) is 1. The van der Waals surface area contributed by atoms with Gasteiger partial charge in [-0.15, -0.1) is 0 Å². The number of rotatable bonds is 2. The van der Waals surface area contributed by atoms with Crippen molar-refractivity contribution in [3.8, 4) is 0 Å². The molecule has 0 bridgehead atoms. The van der Waals surface area contributed by atoms with Crippen molar-refractivity contribution >= 4 is 17.6 Å². The fourth-order valence-electron chi connectivity index (χ4n) is 0.938. The molecular weight excluding hydrogens is 218 g/mol. The fraction of sp³-hybridized carbons (Fsp3) is 0.125. The highest BCUT2D eigenvalue weighted by Gasteiger charge is 2.24. The maximum atomic E-state index is 13.0. The van der Waals surface area contributed by atoms with Gasteiger partial charge >= 0.3 is 5.97 Å². The number of hydrogen-bond donors (Lipinski definition) is 2. The van der Waals surface area contributed by atoms with Crippen LogP contribution in [0.2, 0.25) is 5.02 Å². The van der Waals surface area contributed by atoms with E-state index in [4.69, 9.17) is 21.8 Å². The molecule has 0 heterocycles. The van der Waals surface area contributed by atoms with Gasteiger partial charge in [0.25, 0.3) is 0 Å². The summed E-state index contributed by atoms with van der Waals surface area (Å²) >= 11 is 5.30. The van der Waals surface area contributed by atoms with Crippen molar-refractivity contribution in [3.05, 3.63) is 34.4 Å². The van der Waals surface area contributed by atoms with Gasteiger partial charge in [-0.2, -0.15) is 0 Å². The van der Waals surface area contributed by atoms with E-state index < -0.39 is 29.3 Å². The third kappa shape index (κ3) is 2.00. The minimum atomic E-state index is -2.23. The smallest absolute Gasteiger partial charge is 0.337 e. The summed E-state index contributed by atoms with van der Waals surface area (Å²) in [7, 11) is 0. The maximum Gasteiger partial charge on any atom is 0.337 e. The fourth-order valence-corrected chi connectivity index (χ4v) is 1.13. The molecule has 6 heteroatoms. The van der Waals surface area contributed by atoms with Gasteiger partial charge in [0.2, 0.25) is 0 Å². The Labute approximate surface area is 82.5 Å². The van der Waals surface area contributed by atoms with Crippen molar-refractivity contribution in [1.82, 2.24) is 0 Å². The number of carboxylic acids is 1. The quantitative estimate of drug-likeness (QED) is 0.801. The predicted molar refractivity (Wildman–Crippen MR) is 44.0 cm³/mol. The summed E-state index contributed by atoms with van der Waals surface area (Å²) in [5.74, 6) is -4.11. The minimum Gasteiger partial charge on any atom is -0.479 e. The molecule has 1 aromatic rings. The van der Waals surface area contributed by atoms with E-state index in [2.05, 4.69) is 0 Å². The molecule has 0 spiro atoms. The number of aliphatic carboxylic acids is 1. The van der Waals surface area contributed by atoms with Crippen molar-refractivity contribution in [1.29, 1.82) is 0 Å². The molecule has 0 radical (unpaired) electrons. The number of benzene rings is 1. The predicted octanol–water partition coefficient (Wildman–Crippen LogP) is 1.74. The Morgan fingerprint density at radius 2 is 1.79 bits per heavy atom. The Bertz CT molecular complexity index is 358. The molecule has 1 atom stereocenters. The summed E-state index contributed by atoms with van der Waals surface area (Å²) in [6.45, 7) is 0. The standard InChI is InChI=1S/C8H5ClF2O3/c9-3-1-4(10)6(5(11)2-3)7(12)8(13)14/h1-2,7,12H,(H,13,14). The molecule has 0 fully saturated rings. The Morgan fingerprint density at radius 1 is 1.36 bits per heavy atom. The Morgan fingerprint density at radius 3 is 2.14 bits per heavy atom. The lowest BCUT2D eigenvalue weighted by Crippen LogP contribution is -2.14. The molecule has 1 rings (SSSR count). The summed E-state index contributed by atoms with van der Waals surface area (Å²) in [6, 6.07) is 1.46. The first-order valence-electron chi connectivity index (χ1n) is 3.48. The molecule has 0 aromatic heterocycles. The van der Waals surface area contributed by atoms with Crippen LogP contribution >= 0.6 is 11.6 Å². The van der Waals surface area contributed by atoms with Gasteiger partial charge in [-0.1, -0.05) is 11.6 Å². The summed E-state index contributed by atoms with van der Waals surface area (Å²) in [6.07, 6.45) is -2.23. The summed E-state index contributed by atoms with van der Waals surface area (Å²) in [5.41, 5.74) is -0.915. The summed E-state index contributed by atoms with van der Waals surface area (Å²) in [4.78, 5) is 10.3. The second-order valence-corrected chi connectivity index (χ2v) is 2.96. The van der Waals surface area contributed by atoms with Crippen molar-refractivity contribution < 1.29 is 23.8 Å². The van der Waals surface area contributed by atoms with Crippen LogP contribution in [0.4, 0.5) is 8.78 Å². The van der Waals surface area contributed by atoms with Gasteiger partial charge in [0, 0.05) is 5.02 Å². The number of halogens is 3. The first-order valence-corrected chi connectivity index (χ1v) is 3.86. The minimum absolute atomic E-state index is 0.207. The van der Waals surface area contributed by atoms with Gasteiger partial charge in [0.05, 0.1) is 5.56 Å². The molecule has 2 N–H and O–H groups in total. The molecule has 1 aromatic carbocycles. The van der Waals surface area contributed by atoms with E-state index in [0.29, 0.717) is 0 Å². The molecule has 0 amide bonds. The van der Waals surface area contributed by atoms with Gasteiger partial charge in [-0.25, -0.2) is 13.6 Å². The van der Waals surface area contributed by atoms with Crippen LogP contribution < -0.4 is 0 Å². The van der Waals surface area contributed by atoms with Crippen LogP contribution in [-0.2, 0) is 4.79 Å². The monoisotopic (exact) mass is 222 g/mol. The zero-order chi connectivity index (χ0) is 10.9. The van der Waals surface area contributed by atoms with E-state index >= 15 is 0 Å². The maximum absolute atomic E-state index is 13.0. The van der Waals surface area contributed by atoms with E-state index in [0.717, 1.165) is 12.1 Å². The van der Waals surface area contributed by atoms with E-state index in [1.165, 1.54) is 0 Å². The van der Waals surface area contributed by atoms with Crippen LogP contribution in [0.15, 0.2) is 12.1 Å². The topological polar surface area (TPSA) is 57.5 Å². The lowest BCUT2D eigenvalue weighted by Gasteiger charge is -2.08. The average Bonchev–Trinajstić information content (AvgIpc) is 2.01. The molecule has 1 unspecified atom stereocenters. The molecule has 3 nitrogen and oxygen atoms in total. The molecule has 0 aliphatic heterocycles. The first kappa shape index (κ1) is 10.9. The second kappa shape index (κ2) is 3.89. The second-order valence-electron chi connectivity index (χ2n) is 2.52. The lowest BCUT2D eigenvalue weighted by molar-refractivity contribution is -0.147. The van der Waals surface area contributed by atoms with Gasteiger partial charge in [0.15, 0.2) is 6.10 Å². The largest absolute Gasteiger partial charge is 0.479 e. The first-order chi connectivity index (χ1) is 6.43. The Hall–Kier alpha value is -1.20. The molecule has 14 heavy (non-hydrogen) atoms. The van der Waals surface area contributed by atoms with Gasteiger partial charge < -0.3 is 10.2 Å². The lowest BCUT2D eigenvalue weighted by atomic mass is 10.1. The van der Waals surface area contributed by atoms with Crippen molar-refractivity contribution in [2.45, 2.75) is 6.10 Å². The van der Waals surface area contributed by atoms with E-state index in [-0.39, 0.29) is 5.02 Å². The number of hydrogen-bond acceptors (Lipinski definition) is 2. The third-order valence-corrected chi connectivity index (χ3v) is 1.77. The molecular formula is C8H5ClF2O3. The van der Waals surface area contributed by atoms with Crippen LogP contribution in [0, 0.1) is 11.6 Å². The molecule has 0 saturated carbocycles. The van der Waals surface area contributed by atoms with Crippen LogP contribution in [0.1, 0.15) is 11.7 Å². The number of carbonyl (C=O) groups is 1. The van der Waals surface area contributed by atoms with Crippen LogP contribution in [-0.4, -0.2) is 16.2 Å².